The predicted molar refractivity (Wildman–Crippen MR) is 53.9 cm³/mol. The van der Waals surface area contributed by atoms with Crippen LogP contribution in [0.25, 0.3) is 0 Å². The Balaban J connectivity index is 2.32. The van der Waals surface area contributed by atoms with Crippen molar-refractivity contribution in [2.75, 3.05) is 6.54 Å². The Labute approximate surface area is 88.5 Å². The van der Waals surface area contributed by atoms with Crippen molar-refractivity contribution in [3.8, 4) is 6.19 Å². The summed E-state index contributed by atoms with van der Waals surface area (Å²) in [4.78, 5) is 16.9. The highest BCUT2D eigenvalue weighted by atomic mass is 16.5. The molecule has 1 aliphatic rings. The average molecular weight is 207 g/mol. The van der Waals surface area contributed by atoms with E-state index in [-0.39, 0.29) is 6.10 Å². The first-order valence-electron chi connectivity index (χ1n) is 4.96. The van der Waals surface area contributed by atoms with Crippen LogP contribution in [0.1, 0.15) is 25.7 Å². The van der Waals surface area contributed by atoms with Crippen molar-refractivity contribution >= 4 is 12.5 Å². The number of nitriles is 1. The van der Waals surface area contributed by atoms with Crippen LogP contribution in [0.3, 0.4) is 0 Å². The smallest absolute Gasteiger partial charge is 0.234 e. The van der Waals surface area contributed by atoms with E-state index in [1.165, 1.54) is 6.40 Å². The standard InChI is InChI=1S/C10H13N3O2/c11-6-13-8-15-10-3-1-2-9(4-10)5-12-7-14/h8-10H,1-5H2/b13-8+/t9-,10-/m0/s1. The molecule has 0 saturated heterocycles. The highest BCUT2D eigenvalue weighted by molar-refractivity contribution is 5.48. The van der Waals surface area contributed by atoms with Gasteiger partial charge in [-0.2, -0.15) is 5.26 Å². The lowest BCUT2D eigenvalue weighted by Gasteiger charge is -2.26. The number of isocyanates is 1. The zero-order chi connectivity index (χ0) is 10.9. The molecule has 5 heteroatoms. The number of hydrogen-bond acceptors (Lipinski definition) is 5. The van der Waals surface area contributed by atoms with E-state index in [9.17, 15) is 4.79 Å². The summed E-state index contributed by atoms with van der Waals surface area (Å²) in [6, 6.07) is 0. The Morgan fingerprint density at radius 1 is 1.53 bits per heavy atom. The molecule has 0 heterocycles. The lowest BCUT2D eigenvalue weighted by Crippen LogP contribution is -2.24. The van der Waals surface area contributed by atoms with Gasteiger partial charge in [0.05, 0.1) is 6.54 Å². The van der Waals surface area contributed by atoms with Gasteiger partial charge in [-0.25, -0.2) is 9.79 Å². The number of aliphatic imine (C=N–C) groups is 2. The highest BCUT2D eigenvalue weighted by Crippen LogP contribution is 2.26. The Morgan fingerprint density at radius 2 is 2.40 bits per heavy atom. The zero-order valence-electron chi connectivity index (χ0n) is 8.43. The van der Waals surface area contributed by atoms with Crippen LogP contribution < -0.4 is 0 Å². The number of carbonyl (C=O) groups excluding carboxylic acids is 1. The van der Waals surface area contributed by atoms with E-state index in [4.69, 9.17) is 10.00 Å². The van der Waals surface area contributed by atoms with E-state index in [1.807, 2.05) is 0 Å². The second-order valence-electron chi connectivity index (χ2n) is 3.56. The molecule has 0 aromatic carbocycles. The molecule has 1 rings (SSSR count). The summed E-state index contributed by atoms with van der Waals surface area (Å²) in [7, 11) is 0. The molecule has 0 amide bonds. The van der Waals surface area contributed by atoms with Crippen LogP contribution in [-0.4, -0.2) is 25.1 Å². The highest BCUT2D eigenvalue weighted by Gasteiger charge is 2.22. The van der Waals surface area contributed by atoms with Gasteiger partial charge in [-0.3, -0.25) is 0 Å². The summed E-state index contributed by atoms with van der Waals surface area (Å²) in [6.07, 6.45) is 8.43. The molecule has 15 heavy (non-hydrogen) atoms. The molecule has 0 aromatic rings. The Morgan fingerprint density at radius 3 is 3.13 bits per heavy atom. The van der Waals surface area contributed by atoms with Crippen molar-refractivity contribution in [2.45, 2.75) is 31.8 Å². The summed E-state index contributed by atoms with van der Waals surface area (Å²) in [5.74, 6) is 0.390. The van der Waals surface area contributed by atoms with Crippen molar-refractivity contribution in [2.24, 2.45) is 15.9 Å². The van der Waals surface area contributed by atoms with Crippen molar-refractivity contribution in [3.05, 3.63) is 0 Å². The minimum Gasteiger partial charge on any atom is -0.479 e. The van der Waals surface area contributed by atoms with Gasteiger partial charge < -0.3 is 4.74 Å². The van der Waals surface area contributed by atoms with Gasteiger partial charge in [-0.15, -0.1) is 4.99 Å². The van der Waals surface area contributed by atoms with E-state index < -0.39 is 0 Å². The van der Waals surface area contributed by atoms with Crippen LogP contribution in [0.5, 0.6) is 0 Å². The molecule has 0 aliphatic heterocycles. The van der Waals surface area contributed by atoms with E-state index in [2.05, 4.69) is 9.98 Å². The normalized spacial score (nSPS) is 25.5. The molecule has 0 unspecified atom stereocenters. The first kappa shape index (κ1) is 11.4. The second-order valence-corrected chi connectivity index (χ2v) is 3.56. The number of rotatable bonds is 4. The van der Waals surface area contributed by atoms with Gasteiger partial charge in [-0.1, -0.05) is 0 Å². The molecule has 2 atom stereocenters. The average Bonchev–Trinajstić information content (AvgIpc) is 2.27. The van der Waals surface area contributed by atoms with Crippen LogP contribution in [0.15, 0.2) is 9.98 Å². The van der Waals surface area contributed by atoms with Gasteiger partial charge in [0.15, 0.2) is 6.40 Å². The minimum atomic E-state index is 0.0997. The molecular formula is C10H13N3O2. The number of hydrogen-bond donors (Lipinski definition) is 0. The van der Waals surface area contributed by atoms with Crippen LogP contribution in [0.2, 0.25) is 0 Å². The maximum Gasteiger partial charge on any atom is 0.234 e. The lowest BCUT2D eigenvalue weighted by atomic mass is 9.87. The maximum atomic E-state index is 9.96. The minimum absolute atomic E-state index is 0.0997. The summed E-state index contributed by atoms with van der Waals surface area (Å²) in [6.45, 7) is 0.527. The molecule has 1 aliphatic carbocycles. The predicted octanol–water partition coefficient (Wildman–Crippen LogP) is 1.41. The van der Waals surface area contributed by atoms with Crippen LogP contribution in [0, 0.1) is 17.4 Å². The second kappa shape index (κ2) is 6.74. The van der Waals surface area contributed by atoms with Gasteiger partial charge in [0, 0.05) is 0 Å². The Kier molecular flexibility index (Phi) is 5.13. The van der Waals surface area contributed by atoms with Crippen LogP contribution in [-0.2, 0) is 9.53 Å². The molecule has 1 fully saturated rings. The summed E-state index contributed by atoms with van der Waals surface area (Å²) in [5, 5.41) is 8.18. The SMILES string of the molecule is N#C/N=C/O[C@H]1CCC[C@H](CN=C=O)C1. The molecular weight excluding hydrogens is 194 g/mol. The molecule has 0 N–H and O–H groups in total. The molecule has 1 saturated carbocycles. The third-order valence-corrected chi connectivity index (χ3v) is 2.51. The fraction of sp³-hybridized carbons (Fsp3) is 0.700. The van der Waals surface area contributed by atoms with Gasteiger partial charge in [0.2, 0.25) is 12.3 Å². The Bertz CT molecular complexity index is 302. The fourth-order valence-electron chi connectivity index (χ4n) is 1.84. The Hall–Kier alpha value is -1.66. The molecule has 0 spiro atoms. The molecule has 0 aromatic heterocycles. The third-order valence-electron chi connectivity index (χ3n) is 2.51. The summed E-state index contributed by atoms with van der Waals surface area (Å²) >= 11 is 0. The number of nitrogens with zero attached hydrogens (tertiary/aromatic N) is 3. The van der Waals surface area contributed by atoms with Crippen molar-refractivity contribution in [3.63, 3.8) is 0 Å². The van der Waals surface area contributed by atoms with E-state index in [1.54, 1.807) is 12.3 Å². The molecule has 0 radical (unpaired) electrons. The third kappa shape index (κ3) is 4.39. The zero-order valence-corrected chi connectivity index (χ0v) is 8.43. The molecule has 5 nitrogen and oxygen atoms in total. The monoisotopic (exact) mass is 207 g/mol. The maximum absolute atomic E-state index is 9.96. The first-order chi connectivity index (χ1) is 7.36. The molecule has 0 bridgehead atoms. The van der Waals surface area contributed by atoms with Crippen LogP contribution >= 0.6 is 0 Å². The van der Waals surface area contributed by atoms with E-state index >= 15 is 0 Å². The fourth-order valence-corrected chi connectivity index (χ4v) is 1.84. The van der Waals surface area contributed by atoms with Gasteiger partial charge in [-0.05, 0) is 31.6 Å². The van der Waals surface area contributed by atoms with Crippen molar-refractivity contribution in [1.82, 2.24) is 0 Å². The summed E-state index contributed by atoms with van der Waals surface area (Å²) in [5.41, 5.74) is 0. The van der Waals surface area contributed by atoms with Crippen LogP contribution in [0.4, 0.5) is 0 Å². The van der Waals surface area contributed by atoms with Gasteiger partial charge in [0.1, 0.15) is 6.10 Å². The molecule has 80 valence electrons. The van der Waals surface area contributed by atoms with Gasteiger partial charge in [0.25, 0.3) is 0 Å². The largest absolute Gasteiger partial charge is 0.479 e. The summed E-state index contributed by atoms with van der Waals surface area (Å²) < 4.78 is 5.28. The van der Waals surface area contributed by atoms with Crippen molar-refractivity contribution < 1.29 is 9.53 Å². The van der Waals surface area contributed by atoms with Crippen molar-refractivity contribution in [1.29, 1.82) is 5.26 Å². The van der Waals surface area contributed by atoms with Gasteiger partial charge >= 0.3 is 0 Å². The van der Waals surface area contributed by atoms with E-state index in [0.29, 0.717) is 12.5 Å². The topological polar surface area (TPSA) is 74.8 Å². The number of ether oxygens (including phenoxy) is 1. The lowest BCUT2D eigenvalue weighted by molar-refractivity contribution is 0.123. The quantitative estimate of drug-likeness (QED) is 0.302. The first-order valence-corrected chi connectivity index (χ1v) is 4.96. The van der Waals surface area contributed by atoms with E-state index in [0.717, 1.165) is 25.7 Å².